The number of aryl methyl sites for hydroxylation is 1. The van der Waals surface area contributed by atoms with Crippen LogP contribution in [0.3, 0.4) is 0 Å². The van der Waals surface area contributed by atoms with Crippen molar-refractivity contribution in [2.45, 2.75) is 37.7 Å². The number of carbonyl (C=O) groups is 1. The third-order valence-electron chi connectivity index (χ3n) is 8.22. The number of methoxy groups -OCH3 is 1. The van der Waals surface area contributed by atoms with E-state index in [9.17, 15) is 9.18 Å². The number of halogens is 1. The summed E-state index contributed by atoms with van der Waals surface area (Å²) in [7, 11) is 1.79. The van der Waals surface area contributed by atoms with Gasteiger partial charge in [-0.3, -0.25) is 4.79 Å². The van der Waals surface area contributed by atoms with Gasteiger partial charge in [0.05, 0.1) is 5.60 Å². The minimum atomic E-state index is -0.433. The number of nitrogens with zero attached hydrogens (tertiary/aromatic N) is 1. The molecule has 6 heteroatoms. The molecule has 5 nitrogen and oxygen atoms in total. The molecule has 1 saturated heterocycles. The van der Waals surface area contributed by atoms with Gasteiger partial charge in [0.15, 0.2) is 0 Å². The SMILES string of the molecule is CO[C@@]1(c2ccccc2)C[C@H]2CN(C(C)=O)C[C@@]2(c2cc(C=N)c(Nc3ccc(F)cc3)cc2C)C1. The lowest BCUT2D eigenvalue weighted by Gasteiger charge is -2.35. The molecule has 0 bridgehead atoms. The molecule has 5 rings (SSSR count). The van der Waals surface area contributed by atoms with Crippen molar-refractivity contribution in [3.05, 3.63) is 94.8 Å². The van der Waals surface area contributed by atoms with E-state index in [0.29, 0.717) is 13.1 Å². The highest BCUT2D eigenvalue weighted by atomic mass is 19.1. The van der Waals surface area contributed by atoms with Crippen LogP contribution >= 0.6 is 0 Å². The second-order valence-corrected chi connectivity index (χ2v) is 10.2. The van der Waals surface area contributed by atoms with Crippen LogP contribution in [0.15, 0.2) is 66.7 Å². The molecule has 2 fully saturated rings. The molecular formula is C30H32FN3O2. The summed E-state index contributed by atoms with van der Waals surface area (Å²) in [5.41, 5.74) is 5.01. The van der Waals surface area contributed by atoms with Gasteiger partial charge >= 0.3 is 0 Å². The van der Waals surface area contributed by atoms with Crippen LogP contribution in [-0.2, 0) is 20.5 Å². The van der Waals surface area contributed by atoms with Crippen LogP contribution in [0, 0.1) is 24.1 Å². The zero-order valence-electron chi connectivity index (χ0n) is 21.0. The van der Waals surface area contributed by atoms with Crippen LogP contribution in [-0.4, -0.2) is 37.2 Å². The minimum absolute atomic E-state index is 0.0889. The summed E-state index contributed by atoms with van der Waals surface area (Å²) in [6.45, 7) is 5.06. The first-order chi connectivity index (χ1) is 17.3. The third kappa shape index (κ3) is 3.99. The first-order valence-corrected chi connectivity index (χ1v) is 12.3. The maximum Gasteiger partial charge on any atom is 0.219 e. The molecule has 3 aromatic carbocycles. The largest absolute Gasteiger partial charge is 0.373 e. The monoisotopic (exact) mass is 485 g/mol. The number of carbonyl (C=O) groups excluding carboxylic acids is 1. The molecule has 0 unspecified atom stereocenters. The molecule has 1 amide bonds. The van der Waals surface area contributed by atoms with Crippen molar-refractivity contribution in [2.24, 2.45) is 5.92 Å². The van der Waals surface area contributed by atoms with Crippen LogP contribution in [0.25, 0.3) is 0 Å². The van der Waals surface area contributed by atoms with Crippen molar-refractivity contribution in [1.29, 1.82) is 5.41 Å². The maximum absolute atomic E-state index is 13.4. The molecule has 36 heavy (non-hydrogen) atoms. The highest BCUT2D eigenvalue weighted by molar-refractivity contribution is 5.88. The van der Waals surface area contributed by atoms with E-state index >= 15 is 0 Å². The van der Waals surface area contributed by atoms with Gasteiger partial charge in [-0.1, -0.05) is 30.3 Å². The van der Waals surface area contributed by atoms with E-state index in [1.54, 1.807) is 26.2 Å². The Morgan fingerprint density at radius 3 is 2.53 bits per heavy atom. The molecule has 2 aliphatic rings. The summed E-state index contributed by atoms with van der Waals surface area (Å²) in [5, 5.41) is 11.5. The molecular weight excluding hydrogens is 453 g/mol. The number of amides is 1. The van der Waals surface area contributed by atoms with E-state index in [0.717, 1.165) is 46.5 Å². The van der Waals surface area contributed by atoms with Crippen molar-refractivity contribution in [3.63, 3.8) is 0 Å². The molecule has 3 atom stereocenters. The highest BCUT2D eigenvalue weighted by Crippen LogP contribution is 2.59. The van der Waals surface area contributed by atoms with Crippen molar-refractivity contribution in [1.82, 2.24) is 4.90 Å². The van der Waals surface area contributed by atoms with Gasteiger partial charge in [0, 0.05) is 55.7 Å². The zero-order valence-corrected chi connectivity index (χ0v) is 21.0. The van der Waals surface area contributed by atoms with Crippen LogP contribution < -0.4 is 5.32 Å². The summed E-state index contributed by atoms with van der Waals surface area (Å²) < 4.78 is 19.7. The fourth-order valence-electron chi connectivity index (χ4n) is 6.47. The topological polar surface area (TPSA) is 65.4 Å². The quantitative estimate of drug-likeness (QED) is 0.426. The number of rotatable bonds is 6. The number of hydrogen-bond acceptors (Lipinski definition) is 4. The fraction of sp³-hybridized carbons (Fsp3) is 0.333. The second kappa shape index (κ2) is 9.17. The Morgan fingerprint density at radius 1 is 1.17 bits per heavy atom. The summed E-state index contributed by atoms with van der Waals surface area (Å²) in [6, 6.07) is 20.7. The number of fused-ring (bicyclic) bond motifs is 1. The lowest BCUT2D eigenvalue weighted by atomic mass is 9.71. The number of hydrogen-bond donors (Lipinski definition) is 2. The van der Waals surface area contributed by atoms with E-state index in [-0.39, 0.29) is 23.1 Å². The number of benzene rings is 3. The molecule has 1 aliphatic carbocycles. The molecule has 0 spiro atoms. The average molecular weight is 486 g/mol. The van der Waals surface area contributed by atoms with Crippen molar-refractivity contribution in [3.8, 4) is 0 Å². The Morgan fingerprint density at radius 2 is 1.89 bits per heavy atom. The van der Waals surface area contributed by atoms with E-state index in [1.165, 1.54) is 18.3 Å². The van der Waals surface area contributed by atoms with E-state index < -0.39 is 5.60 Å². The number of ether oxygens (including phenoxy) is 1. The average Bonchev–Trinajstić information content (AvgIpc) is 3.39. The Bertz CT molecular complexity index is 1290. The van der Waals surface area contributed by atoms with Gasteiger partial charge in [0.2, 0.25) is 5.91 Å². The van der Waals surface area contributed by atoms with Gasteiger partial charge in [-0.25, -0.2) is 4.39 Å². The van der Waals surface area contributed by atoms with Gasteiger partial charge in [-0.05, 0) is 78.8 Å². The molecule has 1 aliphatic heterocycles. The Balaban J connectivity index is 1.59. The Hall–Kier alpha value is -3.51. The van der Waals surface area contributed by atoms with Gasteiger partial charge in [0.1, 0.15) is 5.82 Å². The third-order valence-corrected chi connectivity index (χ3v) is 8.22. The lowest BCUT2D eigenvalue weighted by Crippen LogP contribution is -2.38. The first kappa shape index (κ1) is 24.2. The minimum Gasteiger partial charge on any atom is -0.373 e. The molecule has 2 N–H and O–H groups in total. The van der Waals surface area contributed by atoms with Crippen molar-refractivity contribution < 1.29 is 13.9 Å². The molecule has 0 radical (unpaired) electrons. The zero-order chi connectivity index (χ0) is 25.5. The van der Waals surface area contributed by atoms with Gasteiger partial charge in [-0.2, -0.15) is 0 Å². The predicted molar refractivity (Wildman–Crippen MR) is 141 cm³/mol. The van der Waals surface area contributed by atoms with Crippen LogP contribution in [0.1, 0.15) is 42.0 Å². The molecule has 186 valence electrons. The first-order valence-electron chi connectivity index (χ1n) is 12.3. The Labute approximate surface area is 211 Å². The number of likely N-dealkylation sites (tertiary alicyclic amines) is 1. The second-order valence-electron chi connectivity index (χ2n) is 10.2. The van der Waals surface area contributed by atoms with Crippen molar-refractivity contribution >= 4 is 23.5 Å². The molecule has 1 heterocycles. The Kier molecular flexibility index (Phi) is 6.17. The maximum atomic E-state index is 13.4. The number of anilines is 2. The summed E-state index contributed by atoms with van der Waals surface area (Å²) >= 11 is 0. The molecule has 3 aromatic rings. The summed E-state index contributed by atoms with van der Waals surface area (Å²) in [6.07, 6.45) is 2.94. The summed E-state index contributed by atoms with van der Waals surface area (Å²) in [5.74, 6) is 0.0304. The lowest BCUT2D eigenvalue weighted by molar-refractivity contribution is -0.128. The fourth-order valence-corrected chi connectivity index (χ4v) is 6.47. The van der Waals surface area contributed by atoms with Gasteiger partial charge in [0.25, 0.3) is 0 Å². The highest BCUT2D eigenvalue weighted by Gasteiger charge is 2.61. The molecule has 0 aromatic heterocycles. The normalized spacial score (nSPS) is 25.0. The van der Waals surface area contributed by atoms with Crippen LogP contribution in [0.2, 0.25) is 0 Å². The van der Waals surface area contributed by atoms with E-state index in [4.69, 9.17) is 10.1 Å². The van der Waals surface area contributed by atoms with E-state index in [2.05, 4.69) is 36.5 Å². The smallest absolute Gasteiger partial charge is 0.219 e. The van der Waals surface area contributed by atoms with Crippen LogP contribution in [0.5, 0.6) is 0 Å². The summed E-state index contributed by atoms with van der Waals surface area (Å²) in [4.78, 5) is 14.4. The van der Waals surface area contributed by atoms with Gasteiger partial charge in [-0.15, -0.1) is 0 Å². The van der Waals surface area contributed by atoms with Crippen molar-refractivity contribution in [2.75, 3.05) is 25.5 Å². The number of nitrogens with one attached hydrogen (secondary N) is 2. The van der Waals surface area contributed by atoms with E-state index in [1.807, 2.05) is 23.1 Å². The molecule has 1 saturated carbocycles. The van der Waals surface area contributed by atoms with Gasteiger partial charge < -0.3 is 20.4 Å². The standard InChI is InChI=1S/C30H32FN3O2/c1-20-13-28(33-26-11-9-25(31)10-12-26)22(16-32)14-27(20)29-18-30(36-3,23-7-5-4-6-8-23)15-24(29)17-34(19-29)21(2)35/h4-14,16,24,32-33H,15,17-19H2,1-3H3/t24-,29-,30-/m0/s1. The van der Waals surface area contributed by atoms with Crippen LogP contribution in [0.4, 0.5) is 15.8 Å². The predicted octanol–water partition coefficient (Wildman–Crippen LogP) is 5.93.